The number of nitrogens with two attached hydrogens (primary N) is 1. The van der Waals surface area contributed by atoms with Gasteiger partial charge in [0.15, 0.2) is 0 Å². The molecule has 0 saturated heterocycles. The highest BCUT2D eigenvalue weighted by Crippen LogP contribution is 2.17. The molecule has 0 radical (unpaired) electrons. The van der Waals surface area contributed by atoms with Crippen LogP contribution in [0.1, 0.15) is 5.56 Å². The Balaban J connectivity index is 2.02. The third-order valence-corrected chi connectivity index (χ3v) is 2.29. The van der Waals surface area contributed by atoms with Crippen molar-refractivity contribution in [1.29, 1.82) is 0 Å². The Morgan fingerprint density at radius 1 is 1.18 bits per heavy atom. The maximum atomic E-state index is 5.60. The molecule has 0 atom stereocenters. The van der Waals surface area contributed by atoms with Gasteiger partial charge in [0, 0.05) is 12.3 Å². The third-order valence-electron chi connectivity index (χ3n) is 2.29. The Labute approximate surface area is 100 Å². The zero-order valence-electron chi connectivity index (χ0n) is 9.59. The van der Waals surface area contributed by atoms with Crippen LogP contribution in [-0.2, 0) is 6.61 Å². The second kappa shape index (κ2) is 5.21. The average Bonchev–Trinajstić information content (AvgIpc) is 2.37. The number of aromatic nitrogens is 1. The summed E-state index contributed by atoms with van der Waals surface area (Å²) in [6.45, 7) is 0.473. The van der Waals surface area contributed by atoms with E-state index in [9.17, 15) is 0 Å². The monoisotopic (exact) mass is 230 g/mol. The number of ether oxygens (including phenoxy) is 2. The van der Waals surface area contributed by atoms with Gasteiger partial charge >= 0.3 is 0 Å². The fraction of sp³-hybridized carbons (Fsp3) is 0.154. The fourth-order valence-electron chi connectivity index (χ4n) is 1.45. The Morgan fingerprint density at radius 3 is 2.82 bits per heavy atom. The van der Waals surface area contributed by atoms with Crippen LogP contribution in [0.3, 0.4) is 0 Å². The Morgan fingerprint density at radius 2 is 2.06 bits per heavy atom. The normalized spacial score (nSPS) is 9.94. The van der Waals surface area contributed by atoms with Gasteiger partial charge in [-0.15, -0.1) is 0 Å². The van der Waals surface area contributed by atoms with Crippen LogP contribution in [0.5, 0.6) is 11.5 Å². The van der Waals surface area contributed by atoms with Gasteiger partial charge in [-0.05, 0) is 23.8 Å². The lowest BCUT2D eigenvalue weighted by Gasteiger charge is -2.07. The molecule has 0 amide bonds. The number of benzene rings is 1. The number of anilines is 1. The lowest BCUT2D eigenvalue weighted by atomic mass is 10.2. The first-order chi connectivity index (χ1) is 8.28. The summed E-state index contributed by atoms with van der Waals surface area (Å²) in [6.07, 6.45) is 1.62. The highest BCUT2D eigenvalue weighted by molar-refractivity contribution is 5.36. The van der Waals surface area contributed by atoms with Crippen molar-refractivity contribution >= 4 is 5.82 Å². The molecule has 0 aliphatic heterocycles. The highest BCUT2D eigenvalue weighted by Gasteiger charge is 1.98. The van der Waals surface area contributed by atoms with E-state index in [0.29, 0.717) is 18.2 Å². The van der Waals surface area contributed by atoms with Gasteiger partial charge in [-0.2, -0.15) is 0 Å². The molecule has 0 bridgehead atoms. The van der Waals surface area contributed by atoms with Gasteiger partial charge in [0.1, 0.15) is 23.9 Å². The summed E-state index contributed by atoms with van der Waals surface area (Å²) in [4.78, 5) is 3.90. The summed E-state index contributed by atoms with van der Waals surface area (Å²) in [5, 5.41) is 0. The van der Waals surface area contributed by atoms with Crippen LogP contribution in [-0.4, -0.2) is 12.1 Å². The van der Waals surface area contributed by atoms with E-state index < -0.39 is 0 Å². The van der Waals surface area contributed by atoms with Crippen molar-refractivity contribution in [1.82, 2.24) is 4.98 Å². The summed E-state index contributed by atoms with van der Waals surface area (Å²) in [5.74, 6) is 1.98. The molecule has 1 aromatic heterocycles. The lowest BCUT2D eigenvalue weighted by Crippen LogP contribution is -1.97. The van der Waals surface area contributed by atoms with Crippen molar-refractivity contribution in [3.05, 3.63) is 48.2 Å². The number of nitrogen functional groups attached to an aromatic ring is 1. The smallest absolute Gasteiger partial charge is 0.126 e. The van der Waals surface area contributed by atoms with E-state index in [-0.39, 0.29) is 0 Å². The standard InChI is InChI=1S/C13H14N2O2/c1-16-11-4-2-3-10(7-11)9-17-12-5-6-15-13(14)8-12/h2-8H,9H2,1H3,(H2,14,15). The Kier molecular flexibility index (Phi) is 3.45. The first-order valence-electron chi connectivity index (χ1n) is 5.25. The van der Waals surface area contributed by atoms with Gasteiger partial charge in [-0.1, -0.05) is 12.1 Å². The van der Waals surface area contributed by atoms with E-state index in [4.69, 9.17) is 15.2 Å². The molecular formula is C13H14N2O2. The van der Waals surface area contributed by atoms with Gasteiger partial charge in [-0.25, -0.2) is 4.98 Å². The zero-order chi connectivity index (χ0) is 12.1. The molecule has 2 N–H and O–H groups in total. The molecule has 1 aromatic carbocycles. The van der Waals surface area contributed by atoms with Gasteiger partial charge in [0.05, 0.1) is 7.11 Å². The maximum Gasteiger partial charge on any atom is 0.126 e. The third kappa shape index (κ3) is 3.11. The molecule has 4 nitrogen and oxygen atoms in total. The van der Waals surface area contributed by atoms with E-state index in [1.807, 2.05) is 24.3 Å². The van der Waals surface area contributed by atoms with Crippen LogP contribution in [0.4, 0.5) is 5.82 Å². The molecule has 88 valence electrons. The Hall–Kier alpha value is -2.23. The van der Waals surface area contributed by atoms with Crippen molar-refractivity contribution in [3.8, 4) is 11.5 Å². The molecule has 4 heteroatoms. The van der Waals surface area contributed by atoms with Gasteiger partial charge < -0.3 is 15.2 Å². The van der Waals surface area contributed by atoms with Crippen molar-refractivity contribution < 1.29 is 9.47 Å². The molecular weight excluding hydrogens is 216 g/mol. The SMILES string of the molecule is COc1cccc(COc2ccnc(N)c2)c1. The molecule has 0 unspecified atom stereocenters. The predicted octanol–water partition coefficient (Wildman–Crippen LogP) is 2.25. The summed E-state index contributed by atoms with van der Waals surface area (Å²) >= 11 is 0. The number of methoxy groups -OCH3 is 1. The molecule has 0 saturated carbocycles. The summed E-state index contributed by atoms with van der Waals surface area (Å²) < 4.78 is 10.7. The summed E-state index contributed by atoms with van der Waals surface area (Å²) in [7, 11) is 1.64. The number of rotatable bonds is 4. The first kappa shape index (κ1) is 11.3. The lowest BCUT2D eigenvalue weighted by molar-refractivity contribution is 0.305. The van der Waals surface area contributed by atoms with Crippen molar-refractivity contribution in [2.75, 3.05) is 12.8 Å². The van der Waals surface area contributed by atoms with Crippen LogP contribution in [0.2, 0.25) is 0 Å². The van der Waals surface area contributed by atoms with Crippen LogP contribution in [0.25, 0.3) is 0 Å². The van der Waals surface area contributed by atoms with Crippen molar-refractivity contribution in [2.24, 2.45) is 0 Å². The Bertz CT molecular complexity index is 500. The average molecular weight is 230 g/mol. The van der Waals surface area contributed by atoms with E-state index in [0.717, 1.165) is 11.3 Å². The largest absolute Gasteiger partial charge is 0.497 e. The second-order valence-electron chi connectivity index (χ2n) is 3.56. The molecule has 17 heavy (non-hydrogen) atoms. The van der Waals surface area contributed by atoms with Crippen LogP contribution in [0.15, 0.2) is 42.6 Å². The summed E-state index contributed by atoms with van der Waals surface area (Å²) in [6, 6.07) is 11.2. The molecule has 0 spiro atoms. The maximum absolute atomic E-state index is 5.60. The van der Waals surface area contributed by atoms with E-state index in [1.54, 1.807) is 25.4 Å². The van der Waals surface area contributed by atoms with Crippen molar-refractivity contribution in [3.63, 3.8) is 0 Å². The fourth-order valence-corrected chi connectivity index (χ4v) is 1.45. The van der Waals surface area contributed by atoms with Crippen molar-refractivity contribution in [2.45, 2.75) is 6.61 Å². The minimum Gasteiger partial charge on any atom is -0.497 e. The second-order valence-corrected chi connectivity index (χ2v) is 3.56. The van der Waals surface area contributed by atoms with Crippen LogP contribution < -0.4 is 15.2 Å². The molecule has 0 aliphatic rings. The number of hydrogen-bond acceptors (Lipinski definition) is 4. The van der Waals surface area contributed by atoms with E-state index in [2.05, 4.69) is 4.98 Å². The molecule has 2 aromatic rings. The number of pyridine rings is 1. The number of hydrogen-bond donors (Lipinski definition) is 1. The minimum atomic E-state index is 0.452. The highest BCUT2D eigenvalue weighted by atomic mass is 16.5. The topological polar surface area (TPSA) is 57.4 Å². The van der Waals surface area contributed by atoms with E-state index in [1.165, 1.54) is 0 Å². The minimum absolute atomic E-state index is 0.452. The van der Waals surface area contributed by atoms with Gasteiger partial charge in [0.2, 0.25) is 0 Å². The molecule has 0 aliphatic carbocycles. The van der Waals surface area contributed by atoms with E-state index >= 15 is 0 Å². The van der Waals surface area contributed by atoms with Gasteiger partial charge in [0.25, 0.3) is 0 Å². The zero-order valence-corrected chi connectivity index (χ0v) is 9.59. The molecule has 0 fully saturated rings. The molecule has 1 heterocycles. The van der Waals surface area contributed by atoms with Gasteiger partial charge in [-0.3, -0.25) is 0 Å². The van der Waals surface area contributed by atoms with Crippen LogP contribution in [0, 0.1) is 0 Å². The summed E-state index contributed by atoms with van der Waals surface area (Å²) in [5.41, 5.74) is 6.60. The quantitative estimate of drug-likeness (QED) is 0.875. The predicted molar refractivity (Wildman–Crippen MR) is 66.0 cm³/mol. The number of nitrogens with zero attached hydrogens (tertiary/aromatic N) is 1. The van der Waals surface area contributed by atoms with Crippen LogP contribution >= 0.6 is 0 Å². The first-order valence-corrected chi connectivity index (χ1v) is 5.25. The molecule has 2 rings (SSSR count).